The molecule has 0 spiro atoms. The van der Waals surface area contributed by atoms with Gasteiger partial charge >= 0.3 is 11.4 Å². The van der Waals surface area contributed by atoms with Gasteiger partial charge in [-0.05, 0) is 62.4 Å². The van der Waals surface area contributed by atoms with Crippen molar-refractivity contribution < 1.29 is 19.2 Å². The molecule has 52 heavy (non-hydrogen) atoms. The average molecular weight is 715 g/mol. The zero-order chi connectivity index (χ0) is 37.6. The van der Waals surface area contributed by atoms with Crippen molar-refractivity contribution in [2.45, 2.75) is 52.6 Å². The number of carbonyl (C=O) groups is 4. The van der Waals surface area contributed by atoms with E-state index in [4.69, 9.17) is 0 Å². The SMILES string of the molecule is Cc1cn(CCC(=O)NCCC(=O)Nc2ccc(/N=N/c3ccc(NC(=O)CCNC(=O)CCn4cc(C)c(=O)[nH]c4=O)cc3)cc2)c(=O)[nH]c1=O. The zero-order valence-corrected chi connectivity index (χ0v) is 28.5. The van der Waals surface area contributed by atoms with Gasteiger partial charge in [-0.3, -0.25) is 47.9 Å². The highest BCUT2D eigenvalue weighted by molar-refractivity contribution is 5.92. The lowest BCUT2D eigenvalue weighted by molar-refractivity contribution is -0.122. The molecular formula is C34H38N10O8. The van der Waals surface area contributed by atoms with E-state index in [1.165, 1.54) is 21.5 Å². The minimum Gasteiger partial charge on any atom is -0.356 e. The third-order valence-electron chi connectivity index (χ3n) is 7.47. The van der Waals surface area contributed by atoms with Crippen LogP contribution < -0.4 is 43.8 Å². The number of nitrogens with zero attached hydrogens (tertiary/aromatic N) is 4. The first-order chi connectivity index (χ1) is 24.9. The van der Waals surface area contributed by atoms with Crippen LogP contribution >= 0.6 is 0 Å². The third-order valence-corrected chi connectivity index (χ3v) is 7.47. The van der Waals surface area contributed by atoms with Gasteiger partial charge in [0, 0.05) is 86.8 Å². The van der Waals surface area contributed by atoms with Gasteiger partial charge in [0.05, 0.1) is 11.4 Å². The van der Waals surface area contributed by atoms with Crippen molar-refractivity contribution in [1.29, 1.82) is 0 Å². The summed E-state index contributed by atoms with van der Waals surface area (Å²) in [6.45, 7) is 3.49. The quantitative estimate of drug-likeness (QED) is 0.0926. The molecule has 272 valence electrons. The second-order valence-corrected chi connectivity index (χ2v) is 11.6. The number of azo groups is 1. The Morgan fingerprint density at radius 1 is 0.558 bits per heavy atom. The number of carbonyl (C=O) groups excluding carboxylic acids is 4. The summed E-state index contributed by atoms with van der Waals surface area (Å²) in [6, 6.07) is 13.3. The maximum Gasteiger partial charge on any atom is 0.328 e. The molecule has 18 heteroatoms. The van der Waals surface area contributed by atoms with Crippen LogP contribution in [0.15, 0.2) is 90.3 Å². The zero-order valence-electron chi connectivity index (χ0n) is 28.5. The number of hydrogen-bond acceptors (Lipinski definition) is 10. The van der Waals surface area contributed by atoms with Crippen molar-refractivity contribution in [1.82, 2.24) is 29.7 Å². The van der Waals surface area contributed by atoms with Crippen LogP contribution in [-0.4, -0.2) is 55.8 Å². The topological polar surface area (TPSA) is 251 Å². The average Bonchev–Trinajstić information content (AvgIpc) is 3.10. The molecular weight excluding hydrogens is 676 g/mol. The van der Waals surface area contributed by atoms with E-state index in [0.29, 0.717) is 33.9 Å². The summed E-state index contributed by atoms with van der Waals surface area (Å²) in [4.78, 5) is 99.7. The fourth-order valence-electron chi connectivity index (χ4n) is 4.61. The predicted molar refractivity (Wildman–Crippen MR) is 191 cm³/mol. The Bertz CT molecular complexity index is 2030. The number of aryl methyl sites for hydroxylation is 4. The van der Waals surface area contributed by atoms with Gasteiger partial charge in [0.25, 0.3) is 11.1 Å². The molecule has 4 amide bonds. The van der Waals surface area contributed by atoms with Gasteiger partial charge in [-0.2, -0.15) is 10.2 Å². The molecule has 0 atom stereocenters. The Morgan fingerprint density at radius 3 is 1.29 bits per heavy atom. The van der Waals surface area contributed by atoms with Gasteiger partial charge in [0.2, 0.25) is 23.6 Å². The number of hydrogen-bond donors (Lipinski definition) is 6. The summed E-state index contributed by atoms with van der Waals surface area (Å²) in [5, 5.41) is 19.1. The summed E-state index contributed by atoms with van der Waals surface area (Å²) in [5.74, 6) is -1.31. The van der Waals surface area contributed by atoms with E-state index in [9.17, 15) is 38.4 Å². The van der Waals surface area contributed by atoms with E-state index in [0.717, 1.165) is 0 Å². The number of amides is 4. The van der Waals surface area contributed by atoms with Crippen LogP contribution in [0.5, 0.6) is 0 Å². The number of aromatic nitrogens is 4. The first-order valence-electron chi connectivity index (χ1n) is 16.2. The molecule has 0 saturated carbocycles. The highest BCUT2D eigenvalue weighted by atomic mass is 16.2. The summed E-state index contributed by atoms with van der Waals surface area (Å²) in [5.41, 5.74) is 0.696. The Labute approximate surface area is 295 Å². The van der Waals surface area contributed by atoms with E-state index in [-0.39, 0.29) is 75.5 Å². The van der Waals surface area contributed by atoms with Gasteiger partial charge in [-0.25, -0.2) is 9.59 Å². The van der Waals surface area contributed by atoms with Crippen LogP contribution in [0.4, 0.5) is 22.7 Å². The van der Waals surface area contributed by atoms with E-state index < -0.39 is 22.5 Å². The molecule has 2 aromatic carbocycles. The standard InChI is InChI=1S/C34H38N10O8/c1-21-19-43(33(51)39-31(21)49)17-13-27(45)35-15-11-29(47)37-23-3-7-25(8-4-23)41-42-26-9-5-24(6-10-26)38-30(48)12-16-36-28(46)14-18-44-20-22(2)32(50)40-34(44)52/h3-10,19-20H,11-18H2,1-2H3,(H,35,45)(H,36,46)(H,37,47)(H,38,48)(H,39,49,51)(H,40,50,52)/b42-41+. The number of benzene rings is 2. The molecule has 0 aliphatic heterocycles. The molecule has 18 nitrogen and oxygen atoms in total. The molecule has 0 radical (unpaired) electrons. The van der Waals surface area contributed by atoms with Crippen molar-refractivity contribution in [3.05, 3.63) is 114 Å². The first kappa shape index (κ1) is 38.1. The number of H-pyrrole nitrogens is 2. The highest BCUT2D eigenvalue weighted by Gasteiger charge is 2.09. The van der Waals surface area contributed by atoms with Gasteiger partial charge in [-0.1, -0.05) is 0 Å². The van der Waals surface area contributed by atoms with E-state index in [1.54, 1.807) is 62.4 Å². The van der Waals surface area contributed by atoms with Crippen LogP contribution in [0.2, 0.25) is 0 Å². The van der Waals surface area contributed by atoms with Crippen molar-refractivity contribution in [3.8, 4) is 0 Å². The molecule has 2 aromatic heterocycles. The highest BCUT2D eigenvalue weighted by Crippen LogP contribution is 2.22. The van der Waals surface area contributed by atoms with Gasteiger partial charge in [-0.15, -0.1) is 0 Å². The van der Waals surface area contributed by atoms with Crippen molar-refractivity contribution in [3.63, 3.8) is 0 Å². The van der Waals surface area contributed by atoms with Crippen LogP contribution in [0, 0.1) is 13.8 Å². The Morgan fingerprint density at radius 2 is 0.923 bits per heavy atom. The van der Waals surface area contributed by atoms with Gasteiger partial charge < -0.3 is 21.3 Å². The molecule has 0 saturated heterocycles. The van der Waals surface area contributed by atoms with Crippen molar-refractivity contribution >= 4 is 46.4 Å². The smallest absolute Gasteiger partial charge is 0.328 e. The minimum atomic E-state index is -0.596. The van der Waals surface area contributed by atoms with E-state index in [2.05, 4.69) is 41.5 Å². The molecule has 0 aliphatic rings. The first-order valence-corrected chi connectivity index (χ1v) is 16.2. The van der Waals surface area contributed by atoms with Gasteiger partial charge in [0.1, 0.15) is 0 Å². The van der Waals surface area contributed by atoms with Crippen molar-refractivity contribution in [2.75, 3.05) is 23.7 Å². The minimum absolute atomic E-state index is 0.00249. The second kappa shape index (κ2) is 18.3. The Balaban J connectivity index is 1.11. The third kappa shape index (κ3) is 12.0. The number of anilines is 2. The number of aromatic amines is 2. The summed E-state index contributed by atoms with van der Waals surface area (Å²) in [7, 11) is 0. The largest absolute Gasteiger partial charge is 0.356 e. The van der Waals surface area contributed by atoms with E-state index in [1.807, 2.05) is 0 Å². The maximum absolute atomic E-state index is 12.3. The lowest BCUT2D eigenvalue weighted by atomic mass is 10.2. The lowest BCUT2D eigenvalue weighted by Gasteiger charge is -2.08. The van der Waals surface area contributed by atoms with Crippen LogP contribution in [0.1, 0.15) is 36.8 Å². The monoisotopic (exact) mass is 714 g/mol. The Hall–Kier alpha value is -6.72. The normalized spacial score (nSPS) is 10.9. The molecule has 0 bridgehead atoms. The second-order valence-electron chi connectivity index (χ2n) is 11.6. The lowest BCUT2D eigenvalue weighted by Crippen LogP contribution is -2.33. The number of nitrogens with one attached hydrogen (secondary N) is 6. The summed E-state index contributed by atoms with van der Waals surface area (Å²) >= 11 is 0. The number of rotatable bonds is 16. The summed E-state index contributed by atoms with van der Waals surface area (Å²) < 4.78 is 2.49. The fraction of sp³-hybridized carbons (Fsp3) is 0.294. The van der Waals surface area contributed by atoms with Crippen LogP contribution in [0.3, 0.4) is 0 Å². The maximum atomic E-state index is 12.3. The summed E-state index contributed by atoms with van der Waals surface area (Å²) in [6.07, 6.45) is 2.85. The molecule has 4 rings (SSSR count). The van der Waals surface area contributed by atoms with Crippen LogP contribution in [0.25, 0.3) is 0 Å². The molecule has 0 fully saturated rings. The molecule has 6 N–H and O–H groups in total. The van der Waals surface area contributed by atoms with Crippen molar-refractivity contribution in [2.24, 2.45) is 10.2 Å². The Kier molecular flexibility index (Phi) is 13.4. The molecule has 0 aliphatic carbocycles. The van der Waals surface area contributed by atoms with Crippen LogP contribution in [-0.2, 0) is 32.3 Å². The molecule has 4 aromatic rings. The fourth-order valence-corrected chi connectivity index (χ4v) is 4.61. The van der Waals surface area contributed by atoms with E-state index >= 15 is 0 Å². The predicted octanol–water partition coefficient (Wildman–Crippen LogP) is 1.49. The molecule has 0 unspecified atom stereocenters. The van der Waals surface area contributed by atoms with Gasteiger partial charge in [0.15, 0.2) is 0 Å². The molecule has 2 heterocycles.